The maximum Gasteiger partial charge on any atom is 0.227 e. The van der Waals surface area contributed by atoms with Crippen molar-refractivity contribution in [3.63, 3.8) is 0 Å². The van der Waals surface area contributed by atoms with E-state index in [2.05, 4.69) is 37.2 Å². The molecule has 7 heteroatoms. The quantitative estimate of drug-likeness (QED) is 0.730. The average Bonchev–Trinajstić information content (AvgIpc) is 3.39. The molecule has 1 N–H and O–H groups in total. The molecule has 3 aromatic heterocycles. The van der Waals surface area contributed by atoms with E-state index in [0.29, 0.717) is 6.54 Å². The second-order valence-corrected chi connectivity index (χ2v) is 6.37. The Morgan fingerprint density at radius 1 is 1.19 bits per heavy atom. The van der Waals surface area contributed by atoms with Crippen molar-refractivity contribution >= 4 is 11.8 Å². The van der Waals surface area contributed by atoms with Crippen LogP contribution in [0.15, 0.2) is 41.2 Å². The number of nitrogens with zero attached hydrogens (tertiary/aromatic N) is 5. The molecule has 0 bridgehead atoms. The minimum Gasteiger partial charge on any atom is -0.363 e. The van der Waals surface area contributed by atoms with Crippen molar-refractivity contribution in [3.8, 4) is 11.3 Å². The lowest BCUT2D eigenvalue weighted by Crippen LogP contribution is -2.21. The topological polar surface area (TPSA) is 80.0 Å². The predicted octanol–water partition coefficient (Wildman–Crippen LogP) is 3.30. The van der Waals surface area contributed by atoms with Crippen LogP contribution < -0.4 is 10.2 Å². The highest BCUT2D eigenvalue weighted by molar-refractivity contribution is 5.57. The van der Waals surface area contributed by atoms with Crippen molar-refractivity contribution in [1.82, 2.24) is 20.1 Å². The summed E-state index contributed by atoms with van der Waals surface area (Å²) in [6.07, 6.45) is 6.81. The molecule has 0 unspecified atom stereocenters. The van der Waals surface area contributed by atoms with Crippen molar-refractivity contribution in [2.75, 3.05) is 23.3 Å². The monoisotopic (exact) mass is 350 g/mol. The van der Waals surface area contributed by atoms with Gasteiger partial charge in [0.05, 0.1) is 6.54 Å². The summed E-state index contributed by atoms with van der Waals surface area (Å²) in [5.41, 5.74) is 2.76. The summed E-state index contributed by atoms with van der Waals surface area (Å²) in [6, 6.07) is 7.77. The van der Waals surface area contributed by atoms with Crippen LogP contribution in [0.3, 0.4) is 0 Å². The molecule has 0 atom stereocenters. The molecule has 0 radical (unpaired) electrons. The van der Waals surface area contributed by atoms with E-state index in [1.807, 2.05) is 24.3 Å². The fourth-order valence-electron chi connectivity index (χ4n) is 3.04. The predicted molar refractivity (Wildman–Crippen MR) is 99.9 cm³/mol. The van der Waals surface area contributed by atoms with Gasteiger partial charge in [-0.2, -0.15) is 4.98 Å². The molecule has 0 saturated carbocycles. The molecule has 1 fully saturated rings. The van der Waals surface area contributed by atoms with Crippen LogP contribution in [0.5, 0.6) is 0 Å². The van der Waals surface area contributed by atoms with Crippen LogP contribution in [0.2, 0.25) is 0 Å². The Kier molecular flexibility index (Phi) is 4.77. The zero-order valence-corrected chi connectivity index (χ0v) is 14.9. The van der Waals surface area contributed by atoms with Gasteiger partial charge in [0, 0.05) is 48.9 Å². The highest BCUT2D eigenvalue weighted by Gasteiger charge is 2.16. The highest BCUT2D eigenvalue weighted by Crippen LogP contribution is 2.21. The molecular weight excluding hydrogens is 328 g/mol. The first-order valence-electron chi connectivity index (χ1n) is 9.04. The lowest BCUT2D eigenvalue weighted by molar-refractivity contribution is 0.390. The van der Waals surface area contributed by atoms with Gasteiger partial charge in [-0.15, -0.1) is 0 Å². The van der Waals surface area contributed by atoms with Crippen LogP contribution in [0.1, 0.15) is 31.2 Å². The Labute approximate surface area is 152 Å². The number of nitrogens with one attached hydrogen (secondary N) is 1. The van der Waals surface area contributed by atoms with Crippen molar-refractivity contribution in [1.29, 1.82) is 0 Å². The molecule has 26 heavy (non-hydrogen) atoms. The molecule has 1 saturated heterocycles. The van der Waals surface area contributed by atoms with Gasteiger partial charge >= 0.3 is 0 Å². The normalized spacial score (nSPS) is 14.0. The van der Waals surface area contributed by atoms with Crippen LogP contribution in [-0.4, -0.2) is 33.2 Å². The van der Waals surface area contributed by atoms with E-state index in [-0.39, 0.29) is 0 Å². The molecule has 3 aromatic rings. The summed E-state index contributed by atoms with van der Waals surface area (Å²) in [6.45, 7) is 4.69. The number of rotatable bonds is 6. The van der Waals surface area contributed by atoms with Gasteiger partial charge < -0.3 is 14.7 Å². The standard InChI is InChI=1S/C19H22N6O/c1-2-15-10-18(23-19(22-15)25-8-3-4-9-25)21-13-16-11-17(24-26-16)14-6-5-7-20-12-14/h5-7,10-12H,2-4,8-9,13H2,1H3,(H,21,22,23). The Hall–Kier alpha value is -2.96. The van der Waals surface area contributed by atoms with Gasteiger partial charge in [-0.05, 0) is 31.4 Å². The number of pyridine rings is 1. The molecule has 1 aliphatic rings. The second-order valence-electron chi connectivity index (χ2n) is 6.37. The largest absolute Gasteiger partial charge is 0.363 e. The maximum absolute atomic E-state index is 5.43. The van der Waals surface area contributed by atoms with Crippen molar-refractivity contribution in [2.45, 2.75) is 32.7 Å². The second kappa shape index (κ2) is 7.51. The number of aromatic nitrogens is 4. The average molecular weight is 350 g/mol. The van der Waals surface area contributed by atoms with E-state index in [1.54, 1.807) is 12.4 Å². The van der Waals surface area contributed by atoms with E-state index >= 15 is 0 Å². The van der Waals surface area contributed by atoms with Crippen LogP contribution in [0, 0.1) is 0 Å². The molecular formula is C19H22N6O. The third-order valence-corrected chi connectivity index (χ3v) is 4.48. The molecule has 134 valence electrons. The fourth-order valence-corrected chi connectivity index (χ4v) is 3.04. The Morgan fingerprint density at radius 2 is 2.08 bits per heavy atom. The summed E-state index contributed by atoms with van der Waals surface area (Å²) in [7, 11) is 0. The SMILES string of the molecule is CCc1cc(NCc2cc(-c3cccnc3)no2)nc(N2CCCC2)n1. The van der Waals surface area contributed by atoms with Crippen LogP contribution in [0.4, 0.5) is 11.8 Å². The van der Waals surface area contributed by atoms with E-state index < -0.39 is 0 Å². The van der Waals surface area contributed by atoms with Gasteiger partial charge in [-0.3, -0.25) is 4.98 Å². The summed E-state index contributed by atoms with van der Waals surface area (Å²) in [4.78, 5) is 15.7. The number of hydrogen-bond acceptors (Lipinski definition) is 7. The first-order chi connectivity index (χ1) is 12.8. The van der Waals surface area contributed by atoms with Crippen LogP contribution in [-0.2, 0) is 13.0 Å². The summed E-state index contributed by atoms with van der Waals surface area (Å²) in [5.74, 6) is 2.39. The minimum absolute atomic E-state index is 0.521. The molecule has 7 nitrogen and oxygen atoms in total. The highest BCUT2D eigenvalue weighted by atomic mass is 16.5. The Bertz CT molecular complexity index is 857. The van der Waals surface area contributed by atoms with Crippen molar-refractivity contribution in [3.05, 3.63) is 48.1 Å². The van der Waals surface area contributed by atoms with Gasteiger partial charge in [-0.25, -0.2) is 4.98 Å². The van der Waals surface area contributed by atoms with Gasteiger partial charge in [0.1, 0.15) is 11.5 Å². The van der Waals surface area contributed by atoms with Gasteiger partial charge in [0.15, 0.2) is 5.76 Å². The summed E-state index contributed by atoms with van der Waals surface area (Å²) in [5, 5.41) is 7.45. The van der Waals surface area contributed by atoms with E-state index in [9.17, 15) is 0 Å². The number of anilines is 2. The number of aryl methyl sites for hydroxylation is 1. The van der Waals surface area contributed by atoms with E-state index in [1.165, 1.54) is 12.8 Å². The van der Waals surface area contributed by atoms with Gasteiger partial charge in [0.2, 0.25) is 5.95 Å². The first kappa shape index (κ1) is 16.5. The molecule has 1 aliphatic heterocycles. The number of hydrogen-bond donors (Lipinski definition) is 1. The molecule has 0 aromatic carbocycles. The van der Waals surface area contributed by atoms with E-state index in [4.69, 9.17) is 4.52 Å². The minimum atomic E-state index is 0.521. The zero-order valence-electron chi connectivity index (χ0n) is 14.9. The van der Waals surface area contributed by atoms with Crippen molar-refractivity contribution in [2.24, 2.45) is 0 Å². The summed E-state index contributed by atoms with van der Waals surface area (Å²) < 4.78 is 5.43. The molecule has 4 heterocycles. The molecule has 0 amide bonds. The lowest BCUT2D eigenvalue weighted by Gasteiger charge is -2.17. The van der Waals surface area contributed by atoms with Crippen LogP contribution in [0.25, 0.3) is 11.3 Å². The van der Waals surface area contributed by atoms with Gasteiger partial charge in [-0.1, -0.05) is 12.1 Å². The molecule has 0 spiro atoms. The van der Waals surface area contributed by atoms with Gasteiger partial charge in [0.25, 0.3) is 0 Å². The maximum atomic E-state index is 5.43. The Morgan fingerprint density at radius 3 is 2.85 bits per heavy atom. The molecule has 0 aliphatic carbocycles. The first-order valence-corrected chi connectivity index (χ1v) is 9.04. The smallest absolute Gasteiger partial charge is 0.227 e. The third kappa shape index (κ3) is 3.66. The lowest BCUT2D eigenvalue weighted by atomic mass is 10.2. The van der Waals surface area contributed by atoms with Crippen LogP contribution >= 0.6 is 0 Å². The Balaban J connectivity index is 1.47. The third-order valence-electron chi connectivity index (χ3n) is 4.48. The zero-order chi connectivity index (χ0) is 17.8. The molecule has 4 rings (SSSR count). The van der Waals surface area contributed by atoms with E-state index in [0.717, 1.165) is 54.0 Å². The van der Waals surface area contributed by atoms with Crippen molar-refractivity contribution < 1.29 is 4.52 Å². The summed E-state index contributed by atoms with van der Waals surface area (Å²) >= 11 is 0. The fraction of sp³-hybridized carbons (Fsp3) is 0.368.